The third kappa shape index (κ3) is 81.1. The molecule has 0 saturated carbocycles. The average molecular weight is 1380 g/mol. The van der Waals surface area contributed by atoms with Crippen LogP contribution in [0.1, 0.15) is 470 Å². The average Bonchev–Trinajstić information content (AvgIpc) is 1.14. The van der Waals surface area contributed by atoms with Crippen LogP contribution < -0.4 is 0 Å². The Morgan fingerprint density at radius 1 is 0.306 bits per heavy atom. The van der Waals surface area contributed by atoms with E-state index in [2.05, 4.69) is 38.2 Å². The molecule has 0 amide bonds. The molecule has 0 aliphatic heterocycles. The number of allylic oxidation sites excluding steroid dienone is 4. The van der Waals surface area contributed by atoms with Crippen LogP contribution in [0.2, 0.25) is 0 Å². The van der Waals surface area contributed by atoms with Crippen LogP contribution in [0.5, 0.6) is 0 Å². The van der Waals surface area contributed by atoms with Crippen molar-refractivity contribution in [1.29, 1.82) is 0 Å². The quantitative estimate of drug-likeness (QED) is 0.0211. The Kier molecular flexibility index (Phi) is 78.6. The first-order valence-corrected chi connectivity index (χ1v) is 44.0. The van der Waals surface area contributed by atoms with E-state index in [0.29, 0.717) is 17.4 Å². The molecule has 0 heterocycles. The highest BCUT2D eigenvalue weighted by molar-refractivity contribution is 5.71. The normalized spacial score (nSPS) is 12.6. The van der Waals surface area contributed by atoms with Crippen LogP contribution in [0.3, 0.4) is 0 Å². The number of aliphatic carboxylic acids is 1. The molecule has 0 fully saturated rings. The molecular formula is C89H172NO8+. The number of hydrogen-bond donors (Lipinski definition) is 1. The summed E-state index contributed by atoms with van der Waals surface area (Å²) >= 11 is 0. The Morgan fingerprint density at radius 3 is 0.806 bits per heavy atom. The zero-order valence-corrected chi connectivity index (χ0v) is 66.7. The van der Waals surface area contributed by atoms with E-state index in [1.807, 2.05) is 21.1 Å². The van der Waals surface area contributed by atoms with Crippen molar-refractivity contribution in [3.63, 3.8) is 0 Å². The molecule has 0 saturated heterocycles. The molecule has 0 aliphatic rings. The first-order valence-electron chi connectivity index (χ1n) is 44.0. The topological polar surface area (TPSA) is 108 Å². The number of likely N-dealkylation sites (N-methyl/N-ethyl adjacent to an activating group) is 1. The van der Waals surface area contributed by atoms with Crippen molar-refractivity contribution in [2.75, 3.05) is 47.5 Å². The number of carbonyl (C=O) groups excluding carboxylic acids is 2. The minimum atomic E-state index is -1.51. The summed E-state index contributed by atoms with van der Waals surface area (Å²) in [7, 11) is 6.01. The first-order chi connectivity index (χ1) is 48.1. The van der Waals surface area contributed by atoms with Crippen molar-refractivity contribution in [2.24, 2.45) is 0 Å². The fraction of sp³-hybridized carbons (Fsp3) is 0.921. The predicted octanol–water partition coefficient (Wildman–Crippen LogP) is 28.4. The zero-order valence-electron chi connectivity index (χ0n) is 66.7. The van der Waals surface area contributed by atoms with E-state index in [9.17, 15) is 19.5 Å². The van der Waals surface area contributed by atoms with Gasteiger partial charge in [0, 0.05) is 12.8 Å². The van der Waals surface area contributed by atoms with Crippen LogP contribution >= 0.6 is 0 Å². The van der Waals surface area contributed by atoms with Crippen molar-refractivity contribution < 1.29 is 42.9 Å². The van der Waals surface area contributed by atoms with E-state index in [-0.39, 0.29) is 38.2 Å². The Balaban J connectivity index is 3.89. The Hall–Kier alpha value is -2.23. The van der Waals surface area contributed by atoms with Gasteiger partial charge in [0.25, 0.3) is 6.29 Å². The minimum absolute atomic E-state index is 0.174. The molecule has 0 aromatic carbocycles. The lowest BCUT2D eigenvalue weighted by atomic mass is 10.0. The molecule has 580 valence electrons. The van der Waals surface area contributed by atoms with E-state index in [4.69, 9.17) is 18.9 Å². The molecule has 2 unspecified atom stereocenters. The van der Waals surface area contributed by atoms with Gasteiger partial charge in [-0.2, -0.15) is 0 Å². The van der Waals surface area contributed by atoms with Gasteiger partial charge in [0.1, 0.15) is 13.2 Å². The van der Waals surface area contributed by atoms with Crippen LogP contribution in [0, 0.1) is 0 Å². The summed E-state index contributed by atoms with van der Waals surface area (Å²) in [5.41, 5.74) is 0. The van der Waals surface area contributed by atoms with Crippen molar-refractivity contribution in [3.05, 3.63) is 24.3 Å². The van der Waals surface area contributed by atoms with Crippen LogP contribution in [0.4, 0.5) is 0 Å². The second kappa shape index (κ2) is 80.5. The van der Waals surface area contributed by atoms with E-state index < -0.39 is 18.4 Å². The standard InChI is InChI=1S/C89H171NO8/c1-6-8-10-12-14-16-18-20-22-24-26-28-30-32-34-36-38-40-41-42-43-44-45-46-48-49-51-53-55-57-59-61-63-65-67-69-71-73-75-77-79-86(91)96-83-85(84-97-89(88(93)94)95-82-81-90(3,4)5)98-87(92)80-78-76-74-72-70-68-66-64-62-60-58-56-54-52-50-47-39-37-35-33-31-29-27-25-23-21-19-17-15-13-11-9-7-2/h19,21,25,27,85,89H,6-18,20,22-24,26,28-84H2,1-5H3/p+1/b21-19-,27-25-. The molecule has 98 heavy (non-hydrogen) atoms. The summed E-state index contributed by atoms with van der Waals surface area (Å²) in [4.78, 5) is 37.8. The molecule has 9 nitrogen and oxygen atoms in total. The maximum absolute atomic E-state index is 13.0. The number of unbranched alkanes of at least 4 members (excludes halogenated alkanes) is 65. The van der Waals surface area contributed by atoms with Gasteiger partial charge in [-0.1, -0.05) is 436 Å². The van der Waals surface area contributed by atoms with Gasteiger partial charge in [-0.05, 0) is 44.9 Å². The first kappa shape index (κ1) is 95.8. The lowest BCUT2D eigenvalue weighted by Gasteiger charge is -2.25. The largest absolute Gasteiger partial charge is 0.477 e. The molecule has 2 atom stereocenters. The van der Waals surface area contributed by atoms with Gasteiger partial charge in [0.05, 0.1) is 34.4 Å². The monoisotopic (exact) mass is 1380 g/mol. The molecular weight excluding hydrogens is 1210 g/mol. The van der Waals surface area contributed by atoms with Gasteiger partial charge < -0.3 is 28.5 Å². The van der Waals surface area contributed by atoms with Gasteiger partial charge in [-0.15, -0.1) is 0 Å². The van der Waals surface area contributed by atoms with E-state index in [0.717, 1.165) is 44.9 Å². The van der Waals surface area contributed by atoms with Crippen molar-refractivity contribution >= 4 is 17.9 Å². The number of hydrogen-bond acceptors (Lipinski definition) is 7. The molecule has 0 aromatic rings. The number of carbonyl (C=O) groups is 3. The fourth-order valence-corrected chi connectivity index (χ4v) is 13.8. The SMILES string of the molecule is CCCCCCC/C=C\C/C=C\CCCCCCCCCCCCCCCCCCCCCCCC(=O)OC(COC(=O)CCCCCCCCCCCCCCCCCCCCCCCCCCCCCCCCCCCCCCCCCC)COC(OCC[N+](C)(C)C)C(=O)O. The number of nitrogens with zero attached hydrogens (tertiary/aromatic N) is 1. The third-order valence-corrected chi connectivity index (χ3v) is 20.5. The Morgan fingerprint density at radius 2 is 0.551 bits per heavy atom. The molecule has 0 rings (SSSR count). The van der Waals surface area contributed by atoms with Crippen LogP contribution in [0.25, 0.3) is 0 Å². The lowest BCUT2D eigenvalue weighted by molar-refractivity contribution is -0.870. The fourth-order valence-electron chi connectivity index (χ4n) is 13.8. The number of rotatable bonds is 84. The number of esters is 2. The van der Waals surface area contributed by atoms with Gasteiger partial charge in [0.2, 0.25) is 0 Å². The molecule has 0 aromatic heterocycles. The van der Waals surface area contributed by atoms with Gasteiger partial charge in [-0.25, -0.2) is 4.79 Å². The Bertz CT molecular complexity index is 1660. The zero-order chi connectivity index (χ0) is 71.1. The molecule has 0 radical (unpaired) electrons. The molecule has 0 spiro atoms. The highest BCUT2D eigenvalue weighted by Gasteiger charge is 2.25. The van der Waals surface area contributed by atoms with E-state index in [1.165, 1.54) is 398 Å². The van der Waals surface area contributed by atoms with Gasteiger partial charge >= 0.3 is 17.9 Å². The lowest BCUT2D eigenvalue weighted by Crippen LogP contribution is -2.40. The second-order valence-electron chi connectivity index (χ2n) is 31.6. The Labute approximate surface area is 611 Å². The van der Waals surface area contributed by atoms with Crippen molar-refractivity contribution in [3.8, 4) is 0 Å². The number of carboxylic acids is 1. The molecule has 0 bridgehead atoms. The highest BCUT2D eigenvalue weighted by atomic mass is 16.7. The summed E-state index contributed by atoms with van der Waals surface area (Å²) in [6.45, 7) is 4.96. The third-order valence-electron chi connectivity index (χ3n) is 20.5. The maximum Gasteiger partial charge on any atom is 0.361 e. The number of ether oxygens (including phenoxy) is 4. The summed E-state index contributed by atoms with van der Waals surface area (Å²) in [6, 6.07) is 0. The predicted molar refractivity (Wildman–Crippen MR) is 425 cm³/mol. The molecule has 1 N–H and O–H groups in total. The van der Waals surface area contributed by atoms with Gasteiger partial charge in [0.15, 0.2) is 6.10 Å². The van der Waals surface area contributed by atoms with E-state index >= 15 is 0 Å². The summed E-state index contributed by atoms with van der Waals surface area (Å²) in [5, 5.41) is 9.79. The highest BCUT2D eigenvalue weighted by Crippen LogP contribution is 2.21. The summed E-state index contributed by atoms with van der Waals surface area (Å²) < 4.78 is 23.1. The summed E-state index contributed by atoms with van der Waals surface area (Å²) in [6.07, 6.45) is 101. The van der Waals surface area contributed by atoms with Crippen LogP contribution in [0.15, 0.2) is 24.3 Å². The minimum Gasteiger partial charge on any atom is -0.477 e. The number of quaternary nitrogens is 1. The number of carboxylic acid groups (broad SMARTS) is 1. The van der Waals surface area contributed by atoms with Crippen LogP contribution in [-0.4, -0.2) is 87.4 Å². The van der Waals surface area contributed by atoms with E-state index in [1.54, 1.807) is 0 Å². The molecule has 0 aliphatic carbocycles. The van der Waals surface area contributed by atoms with Crippen molar-refractivity contribution in [1.82, 2.24) is 0 Å². The van der Waals surface area contributed by atoms with Crippen molar-refractivity contribution in [2.45, 2.75) is 482 Å². The summed E-state index contributed by atoms with van der Waals surface area (Å²) in [5.74, 6) is -1.96. The van der Waals surface area contributed by atoms with Gasteiger partial charge in [-0.3, -0.25) is 9.59 Å². The molecule has 9 heteroatoms. The maximum atomic E-state index is 13.0. The van der Waals surface area contributed by atoms with Crippen LogP contribution in [-0.2, 0) is 33.3 Å². The smallest absolute Gasteiger partial charge is 0.361 e. The second-order valence-corrected chi connectivity index (χ2v) is 31.6.